The van der Waals surface area contributed by atoms with E-state index in [0.29, 0.717) is 30.0 Å². The summed E-state index contributed by atoms with van der Waals surface area (Å²) in [6.07, 6.45) is 2.48. The van der Waals surface area contributed by atoms with Crippen molar-refractivity contribution in [1.82, 2.24) is 0 Å². The average Bonchev–Trinajstić information content (AvgIpc) is 2.47. The lowest BCUT2D eigenvalue weighted by molar-refractivity contribution is -0.00661. The van der Waals surface area contributed by atoms with Gasteiger partial charge in [0.25, 0.3) is 5.71 Å². The minimum Gasteiger partial charge on any atom is -0.482 e. The van der Waals surface area contributed by atoms with Gasteiger partial charge in [-0.3, -0.25) is 0 Å². The van der Waals surface area contributed by atoms with Crippen LogP contribution in [0.1, 0.15) is 12.8 Å². The van der Waals surface area contributed by atoms with Gasteiger partial charge in [0.05, 0.1) is 23.9 Å². The van der Waals surface area contributed by atoms with Crippen LogP contribution in [-0.2, 0) is 4.74 Å². The summed E-state index contributed by atoms with van der Waals surface area (Å²) in [5.41, 5.74) is 10.8. The number of benzene rings is 1. The molecule has 2 N–H and O–H groups in total. The highest BCUT2D eigenvalue weighted by Crippen LogP contribution is 2.26. The van der Waals surface area contributed by atoms with Crippen molar-refractivity contribution in [2.75, 3.05) is 6.35 Å². The second kappa shape index (κ2) is 7.08. The van der Waals surface area contributed by atoms with Crippen LogP contribution in [0.3, 0.4) is 0 Å². The predicted octanol–water partition coefficient (Wildman–Crippen LogP) is 2.38. The Kier molecular flexibility index (Phi) is 5.16. The number of ether oxygens (including phenoxy) is 1. The zero-order valence-corrected chi connectivity index (χ0v) is 11.6. The molecule has 0 unspecified atom stereocenters. The van der Waals surface area contributed by atoms with E-state index in [4.69, 9.17) is 20.1 Å². The first-order valence-electron chi connectivity index (χ1n) is 6.02. The molecule has 0 atom stereocenters. The maximum atomic E-state index is 8.93. The molecular weight excluding hydrogens is 277 g/mol. The minimum atomic E-state index is -2.14. The van der Waals surface area contributed by atoms with Crippen molar-refractivity contribution in [3.8, 4) is 0 Å². The second-order valence-electron chi connectivity index (χ2n) is 4.14. The Hall–Kier alpha value is -1.84. The zero-order valence-electron chi connectivity index (χ0n) is 10.7. The molecule has 104 valence electrons. The summed E-state index contributed by atoms with van der Waals surface area (Å²) in [5, 5.41) is 0. The normalized spacial score (nSPS) is 17.1. The van der Waals surface area contributed by atoms with E-state index in [1.807, 2.05) is 30.3 Å². The smallest absolute Gasteiger partial charge is 0.296 e. The molecule has 0 radical (unpaired) electrons. The lowest BCUT2D eigenvalue weighted by Crippen LogP contribution is -2.16. The van der Waals surface area contributed by atoms with Crippen molar-refractivity contribution in [2.45, 2.75) is 12.8 Å². The van der Waals surface area contributed by atoms with Gasteiger partial charge in [0.1, 0.15) is 5.76 Å². The Morgan fingerprint density at radius 2 is 2.00 bits per heavy atom. The monoisotopic (exact) mass is 291 g/mol. The van der Waals surface area contributed by atoms with Crippen molar-refractivity contribution < 1.29 is 19.3 Å². The largest absolute Gasteiger partial charge is 0.482 e. The van der Waals surface area contributed by atoms with Gasteiger partial charge in [-0.2, -0.15) is 4.79 Å². The molecule has 0 saturated heterocycles. The predicted molar refractivity (Wildman–Crippen MR) is 76.8 cm³/mol. The van der Waals surface area contributed by atoms with Crippen LogP contribution in [-0.4, -0.2) is 32.3 Å². The van der Waals surface area contributed by atoms with Crippen molar-refractivity contribution in [1.29, 1.82) is 0 Å². The Morgan fingerprint density at radius 1 is 1.25 bits per heavy atom. The van der Waals surface area contributed by atoms with E-state index in [9.17, 15) is 0 Å². The van der Waals surface area contributed by atoms with Crippen LogP contribution < -0.4 is 0 Å². The van der Waals surface area contributed by atoms with Gasteiger partial charge in [0.2, 0.25) is 8.38 Å². The third-order valence-electron chi connectivity index (χ3n) is 2.68. The fraction of sp³-hybridized carbons (Fsp3) is 0.231. The van der Waals surface area contributed by atoms with Gasteiger partial charge < -0.3 is 20.1 Å². The number of nitrogens with zero attached hydrogens (tertiary/aromatic N) is 3. The molecule has 1 aliphatic rings. The highest BCUT2D eigenvalue weighted by molar-refractivity contribution is 7.44. The summed E-state index contributed by atoms with van der Waals surface area (Å²) in [7, 11) is -2.14. The van der Waals surface area contributed by atoms with Gasteiger partial charge in [0, 0.05) is 6.42 Å². The molecule has 6 nitrogen and oxygen atoms in total. The van der Waals surface area contributed by atoms with Gasteiger partial charge in [-0.05, 0) is 12.1 Å². The standard InChI is InChI=1S/C13H14N3O3P/c14-16-11-6-7-12(13(8-11)19-9-20(17)18)15-10-4-2-1-3-5-10/h1-5,8,17-18H,6-7,9H2. The molecule has 20 heavy (non-hydrogen) atoms. The first-order chi connectivity index (χ1) is 9.69. The van der Waals surface area contributed by atoms with Crippen LogP contribution >= 0.6 is 8.38 Å². The molecule has 1 aromatic carbocycles. The van der Waals surface area contributed by atoms with Gasteiger partial charge in [-0.15, -0.1) is 0 Å². The van der Waals surface area contributed by atoms with Crippen LogP contribution in [0, 0.1) is 0 Å². The topological polar surface area (TPSA) is 98.5 Å². The van der Waals surface area contributed by atoms with Crippen LogP contribution in [0.15, 0.2) is 47.2 Å². The van der Waals surface area contributed by atoms with Crippen molar-refractivity contribution >= 4 is 25.5 Å². The molecule has 0 spiro atoms. The number of hydrogen-bond acceptors (Lipinski definition) is 4. The van der Waals surface area contributed by atoms with Crippen LogP contribution in [0.5, 0.6) is 0 Å². The van der Waals surface area contributed by atoms with E-state index in [2.05, 4.69) is 9.78 Å². The molecule has 0 aromatic heterocycles. The fourth-order valence-corrected chi connectivity index (χ4v) is 2.03. The number of rotatable bonds is 4. The Morgan fingerprint density at radius 3 is 2.65 bits per heavy atom. The maximum absolute atomic E-state index is 8.93. The summed E-state index contributed by atoms with van der Waals surface area (Å²) < 4.78 is 5.33. The van der Waals surface area contributed by atoms with E-state index >= 15 is 0 Å². The van der Waals surface area contributed by atoms with E-state index in [1.54, 1.807) is 6.08 Å². The SMILES string of the molecule is [N-]=[N+]=C1C=C(OCP(O)O)C(=Nc2ccccc2)CC1. The summed E-state index contributed by atoms with van der Waals surface area (Å²) in [4.78, 5) is 25.5. The van der Waals surface area contributed by atoms with Crippen LogP contribution in [0.2, 0.25) is 0 Å². The third kappa shape index (κ3) is 4.08. The van der Waals surface area contributed by atoms with Crippen LogP contribution in [0.4, 0.5) is 5.69 Å². The van der Waals surface area contributed by atoms with Gasteiger partial charge >= 0.3 is 0 Å². The Labute approximate surface area is 117 Å². The van der Waals surface area contributed by atoms with Crippen LogP contribution in [0.25, 0.3) is 5.53 Å². The summed E-state index contributed by atoms with van der Waals surface area (Å²) >= 11 is 0. The minimum absolute atomic E-state index is 0.201. The molecule has 2 rings (SSSR count). The molecule has 1 aromatic rings. The number of para-hydroxylation sites is 1. The quantitative estimate of drug-likeness (QED) is 0.506. The second-order valence-corrected chi connectivity index (χ2v) is 5.14. The summed E-state index contributed by atoms with van der Waals surface area (Å²) in [6.45, 7) is 0. The Balaban J connectivity index is 2.26. The molecule has 7 heteroatoms. The van der Waals surface area contributed by atoms with Gasteiger partial charge in [-0.1, -0.05) is 18.2 Å². The Bertz CT molecular complexity index is 578. The molecular formula is C13H14N3O3P. The highest BCUT2D eigenvalue weighted by atomic mass is 31.2. The molecule has 0 bridgehead atoms. The first kappa shape index (κ1) is 14.6. The van der Waals surface area contributed by atoms with E-state index in [0.717, 1.165) is 5.69 Å². The van der Waals surface area contributed by atoms with E-state index < -0.39 is 8.38 Å². The fourth-order valence-electron chi connectivity index (χ4n) is 1.78. The number of allylic oxidation sites excluding steroid dienone is 2. The van der Waals surface area contributed by atoms with Gasteiger partial charge in [0.15, 0.2) is 6.35 Å². The van der Waals surface area contributed by atoms with Crippen molar-refractivity contribution in [2.24, 2.45) is 4.99 Å². The summed E-state index contributed by atoms with van der Waals surface area (Å²) in [5.74, 6) is 0.406. The van der Waals surface area contributed by atoms with Gasteiger partial charge in [-0.25, -0.2) is 4.99 Å². The highest BCUT2D eigenvalue weighted by Gasteiger charge is 2.22. The molecule has 0 fully saturated rings. The van der Waals surface area contributed by atoms with E-state index in [1.165, 1.54) is 0 Å². The summed E-state index contributed by atoms with van der Waals surface area (Å²) in [6, 6.07) is 9.40. The molecule has 0 amide bonds. The maximum Gasteiger partial charge on any atom is 0.296 e. The lowest BCUT2D eigenvalue weighted by atomic mass is 10.0. The zero-order chi connectivity index (χ0) is 14.4. The van der Waals surface area contributed by atoms with E-state index in [-0.39, 0.29) is 6.35 Å². The molecule has 0 aliphatic heterocycles. The first-order valence-corrected chi connectivity index (χ1v) is 7.46. The number of aliphatic imine (C=N–C) groups is 1. The lowest BCUT2D eigenvalue weighted by Gasteiger charge is -2.15. The average molecular weight is 291 g/mol. The van der Waals surface area contributed by atoms with Crippen molar-refractivity contribution in [3.05, 3.63) is 47.7 Å². The number of hydrogen-bond donors (Lipinski definition) is 2. The molecule has 0 saturated carbocycles. The van der Waals surface area contributed by atoms with Crippen molar-refractivity contribution in [3.63, 3.8) is 0 Å². The third-order valence-corrected chi connectivity index (χ3v) is 3.04. The molecule has 0 heterocycles. The molecule has 1 aliphatic carbocycles.